The van der Waals surface area contributed by atoms with E-state index < -0.39 is 0 Å². The normalized spacial score (nSPS) is 20.4. The number of carbonyl (C=O) groups is 2. The standard InChI is InChI=1S/C24H31N3O3S/c1-18(28)26-13-12-22(24-25-21(17-31-24)19-8-4-2-5-9-19)27(15-14-26)23(29)16-30-20-10-6-3-7-11-20/h3,6-7,10-11,17,19,22H,2,4-5,8-9,12-16H2,1H3. The van der Waals surface area contributed by atoms with Crippen LogP contribution in [0.5, 0.6) is 5.75 Å². The summed E-state index contributed by atoms with van der Waals surface area (Å²) in [5.74, 6) is 1.22. The lowest BCUT2D eigenvalue weighted by atomic mass is 9.87. The van der Waals surface area contributed by atoms with Crippen LogP contribution in [0.3, 0.4) is 0 Å². The Labute approximate surface area is 188 Å². The maximum atomic E-state index is 13.2. The van der Waals surface area contributed by atoms with Crippen LogP contribution in [0, 0.1) is 0 Å². The highest BCUT2D eigenvalue weighted by Gasteiger charge is 2.32. The molecule has 0 bridgehead atoms. The zero-order valence-corrected chi connectivity index (χ0v) is 19.0. The van der Waals surface area contributed by atoms with E-state index in [4.69, 9.17) is 9.72 Å². The van der Waals surface area contributed by atoms with Gasteiger partial charge in [-0.1, -0.05) is 37.5 Å². The number of rotatable bonds is 5. The first-order valence-electron chi connectivity index (χ1n) is 11.3. The van der Waals surface area contributed by atoms with Gasteiger partial charge in [0, 0.05) is 37.9 Å². The molecule has 2 fully saturated rings. The van der Waals surface area contributed by atoms with Crippen LogP contribution in [-0.2, 0) is 9.59 Å². The number of para-hydroxylation sites is 1. The van der Waals surface area contributed by atoms with Gasteiger partial charge in [-0.3, -0.25) is 9.59 Å². The molecule has 1 atom stereocenters. The molecular formula is C24H31N3O3S. The second kappa shape index (κ2) is 10.3. The molecule has 1 saturated heterocycles. The fourth-order valence-electron chi connectivity index (χ4n) is 4.58. The third-order valence-corrected chi connectivity index (χ3v) is 7.34. The summed E-state index contributed by atoms with van der Waals surface area (Å²) in [6.07, 6.45) is 6.99. The Morgan fingerprint density at radius 1 is 1.06 bits per heavy atom. The van der Waals surface area contributed by atoms with E-state index in [-0.39, 0.29) is 24.5 Å². The van der Waals surface area contributed by atoms with Crippen LogP contribution in [0.2, 0.25) is 0 Å². The van der Waals surface area contributed by atoms with Crippen molar-refractivity contribution in [3.8, 4) is 5.75 Å². The molecule has 1 aromatic carbocycles. The summed E-state index contributed by atoms with van der Waals surface area (Å²) in [6, 6.07) is 9.29. The third-order valence-electron chi connectivity index (χ3n) is 6.38. The number of thiazole rings is 1. The van der Waals surface area contributed by atoms with Gasteiger partial charge in [0.15, 0.2) is 6.61 Å². The van der Waals surface area contributed by atoms with Crippen LogP contribution >= 0.6 is 11.3 Å². The Hall–Kier alpha value is -2.41. The zero-order valence-electron chi connectivity index (χ0n) is 18.2. The van der Waals surface area contributed by atoms with E-state index in [0.717, 1.165) is 5.01 Å². The average Bonchev–Trinajstić information content (AvgIpc) is 3.18. The lowest BCUT2D eigenvalue weighted by Gasteiger charge is -2.28. The molecule has 4 rings (SSSR count). The van der Waals surface area contributed by atoms with Crippen LogP contribution in [0.15, 0.2) is 35.7 Å². The number of amides is 2. The molecule has 1 aliphatic carbocycles. The maximum Gasteiger partial charge on any atom is 0.261 e. The number of hydrogen-bond acceptors (Lipinski definition) is 5. The lowest BCUT2D eigenvalue weighted by Crippen LogP contribution is -2.40. The Balaban J connectivity index is 1.50. The van der Waals surface area contributed by atoms with Gasteiger partial charge in [-0.05, 0) is 31.4 Å². The molecule has 2 amide bonds. The van der Waals surface area contributed by atoms with Gasteiger partial charge in [-0.25, -0.2) is 4.98 Å². The van der Waals surface area contributed by atoms with E-state index in [1.165, 1.54) is 37.8 Å². The predicted molar refractivity (Wildman–Crippen MR) is 121 cm³/mol. The van der Waals surface area contributed by atoms with Gasteiger partial charge < -0.3 is 14.5 Å². The molecule has 6 nitrogen and oxygen atoms in total. The van der Waals surface area contributed by atoms with Gasteiger partial charge in [0.25, 0.3) is 5.91 Å². The molecule has 2 aliphatic rings. The molecule has 7 heteroatoms. The summed E-state index contributed by atoms with van der Waals surface area (Å²) in [5.41, 5.74) is 1.18. The maximum absolute atomic E-state index is 13.2. The first-order valence-corrected chi connectivity index (χ1v) is 12.2. The number of ether oxygens (including phenoxy) is 1. The van der Waals surface area contributed by atoms with Crippen molar-refractivity contribution < 1.29 is 14.3 Å². The third kappa shape index (κ3) is 5.45. The minimum atomic E-state index is -0.112. The Morgan fingerprint density at radius 2 is 1.84 bits per heavy atom. The van der Waals surface area contributed by atoms with Crippen molar-refractivity contribution in [2.75, 3.05) is 26.2 Å². The van der Waals surface area contributed by atoms with E-state index in [1.54, 1.807) is 18.3 Å². The molecule has 0 radical (unpaired) electrons. The molecule has 1 aliphatic heterocycles. The summed E-state index contributed by atoms with van der Waals surface area (Å²) in [4.78, 5) is 33.8. The van der Waals surface area contributed by atoms with Crippen LogP contribution in [-0.4, -0.2) is 52.8 Å². The van der Waals surface area contributed by atoms with Gasteiger partial charge in [0.2, 0.25) is 5.91 Å². The zero-order chi connectivity index (χ0) is 21.6. The fraction of sp³-hybridized carbons (Fsp3) is 0.542. The Morgan fingerprint density at radius 3 is 2.58 bits per heavy atom. The number of carbonyl (C=O) groups excluding carboxylic acids is 2. The van der Waals surface area contributed by atoms with Crippen molar-refractivity contribution in [2.45, 2.75) is 57.4 Å². The summed E-state index contributed by atoms with van der Waals surface area (Å²) < 4.78 is 5.73. The molecule has 2 heterocycles. The first-order chi connectivity index (χ1) is 15.1. The quantitative estimate of drug-likeness (QED) is 0.690. The highest BCUT2D eigenvalue weighted by atomic mass is 32.1. The van der Waals surface area contributed by atoms with E-state index in [2.05, 4.69) is 5.38 Å². The summed E-state index contributed by atoms with van der Waals surface area (Å²) in [6.45, 7) is 3.27. The van der Waals surface area contributed by atoms with Gasteiger partial charge in [0.1, 0.15) is 10.8 Å². The van der Waals surface area contributed by atoms with Gasteiger partial charge in [0.05, 0.1) is 11.7 Å². The summed E-state index contributed by atoms with van der Waals surface area (Å²) in [5, 5.41) is 3.17. The van der Waals surface area contributed by atoms with Crippen molar-refractivity contribution in [3.63, 3.8) is 0 Å². The van der Waals surface area contributed by atoms with Gasteiger partial charge >= 0.3 is 0 Å². The van der Waals surface area contributed by atoms with Crippen molar-refractivity contribution in [1.29, 1.82) is 0 Å². The van der Waals surface area contributed by atoms with Gasteiger partial charge in [-0.15, -0.1) is 11.3 Å². The molecule has 1 unspecified atom stereocenters. The summed E-state index contributed by atoms with van der Waals surface area (Å²) >= 11 is 1.65. The molecule has 0 N–H and O–H groups in total. The number of benzene rings is 1. The molecule has 166 valence electrons. The number of aromatic nitrogens is 1. The van der Waals surface area contributed by atoms with E-state index >= 15 is 0 Å². The van der Waals surface area contributed by atoms with Crippen molar-refractivity contribution in [3.05, 3.63) is 46.4 Å². The largest absolute Gasteiger partial charge is 0.484 e. The van der Waals surface area contributed by atoms with Crippen molar-refractivity contribution >= 4 is 23.2 Å². The smallest absolute Gasteiger partial charge is 0.261 e. The van der Waals surface area contributed by atoms with Crippen molar-refractivity contribution in [1.82, 2.24) is 14.8 Å². The molecule has 31 heavy (non-hydrogen) atoms. The molecule has 1 saturated carbocycles. The monoisotopic (exact) mass is 441 g/mol. The molecule has 1 aromatic heterocycles. The lowest BCUT2D eigenvalue weighted by molar-refractivity contribution is -0.136. The van der Waals surface area contributed by atoms with Crippen LogP contribution < -0.4 is 4.74 Å². The second-order valence-electron chi connectivity index (χ2n) is 8.44. The van der Waals surface area contributed by atoms with E-state index in [9.17, 15) is 9.59 Å². The second-order valence-corrected chi connectivity index (χ2v) is 9.33. The average molecular weight is 442 g/mol. The topological polar surface area (TPSA) is 62.7 Å². The van der Waals surface area contributed by atoms with Gasteiger partial charge in [-0.2, -0.15) is 0 Å². The highest BCUT2D eigenvalue weighted by molar-refractivity contribution is 7.09. The van der Waals surface area contributed by atoms with Crippen molar-refractivity contribution in [2.24, 2.45) is 0 Å². The number of hydrogen-bond donors (Lipinski definition) is 0. The van der Waals surface area contributed by atoms with Crippen LogP contribution in [0.4, 0.5) is 0 Å². The van der Waals surface area contributed by atoms with E-state index in [1.807, 2.05) is 40.1 Å². The Bertz CT molecular complexity index is 879. The molecular weight excluding hydrogens is 410 g/mol. The predicted octanol–water partition coefficient (Wildman–Crippen LogP) is 4.39. The van der Waals surface area contributed by atoms with E-state index in [0.29, 0.717) is 37.7 Å². The minimum Gasteiger partial charge on any atom is -0.484 e. The SMILES string of the molecule is CC(=O)N1CCC(c2nc(C3CCCCC3)cs2)N(C(=O)COc2ccccc2)CC1. The number of nitrogens with zero attached hydrogens (tertiary/aromatic N) is 3. The minimum absolute atomic E-state index is 0.0125. The highest BCUT2D eigenvalue weighted by Crippen LogP contribution is 2.36. The molecule has 2 aromatic rings. The molecule has 0 spiro atoms. The fourth-order valence-corrected chi connectivity index (χ4v) is 5.63. The first kappa shape index (κ1) is 21.8. The van der Waals surface area contributed by atoms with Crippen LogP contribution in [0.1, 0.15) is 68.1 Å². The Kier molecular flexibility index (Phi) is 7.22. The summed E-state index contributed by atoms with van der Waals surface area (Å²) in [7, 11) is 0. The van der Waals surface area contributed by atoms with Crippen LogP contribution in [0.25, 0.3) is 0 Å².